The summed E-state index contributed by atoms with van der Waals surface area (Å²) in [6.45, 7) is 8.45. The fourth-order valence-electron chi connectivity index (χ4n) is 3.62. The van der Waals surface area contributed by atoms with Crippen LogP contribution in [0.1, 0.15) is 30.5 Å². The number of thioether (sulfide) groups is 1. The van der Waals surface area contributed by atoms with Gasteiger partial charge in [0.15, 0.2) is 5.69 Å². The number of amides is 1. The number of nitrogens with two attached hydrogens (primary N) is 1. The summed E-state index contributed by atoms with van der Waals surface area (Å²) < 4.78 is 1.30. The molecule has 3 aromatic rings. The quantitative estimate of drug-likeness (QED) is 0.494. The van der Waals surface area contributed by atoms with E-state index in [1.165, 1.54) is 21.2 Å². The van der Waals surface area contributed by atoms with Crippen LogP contribution in [0, 0.1) is 19.8 Å². The standard InChI is InChI=1S/C25H30N4O3S/c1-16(2)13-28(21(30)15-33-20-11-10-17(3)12-18(20)4)22-23(26)29(25(32)27-24(22)31)14-19-8-6-5-7-9-19/h5-12,16H,13-15,26H2,1-4H3,(H,27,31,32). The first kappa shape index (κ1) is 24.4. The third kappa shape index (κ3) is 5.96. The highest BCUT2D eigenvalue weighted by Gasteiger charge is 2.25. The largest absolute Gasteiger partial charge is 0.383 e. The second kappa shape index (κ2) is 10.6. The first-order valence-corrected chi connectivity index (χ1v) is 11.8. The van der Waals surface area contributed by atoms with Gasteiger partial charge in [0.25, 0.3) is 5.56 Å². The lowest BCUT2D eigenvalue weighted by Gasteiger charge is -2.26. The number of benzene rings is 2. The topological polar surface area (TPSA) is 101 Å². The van der Waals surface area contributed by atoms with Crippen LogP contribution in [0.3, 0.4) is 0 Å². The minimum Gasteiger partial charge on any atom is -0.383 e. The number of carbonyl (C=O) groups excluding carboxylic acids is 1. The highest BCUT2D eigenvalue weighted by Crippen LogP contribution is 2.26. The molecule has 0 fully saturated rings. The van der Waals surface area contributed by atoms with Crippen LogP contribution >= 0.6 is 11.8 Å². The zero-order valence-corrected chi connectivity index (χ0v) is 20.2. The third-order valence-corrected chi connectivity index (χ3v) is 6.36. The Hall–Kier alpha value is -3.26. The maximum Gasteiger partial charge on any atom is 0.330 e. The predicted molar refractivity (Wildman–Crippen MR) is 135 cm³/mol. The average molecular weight is 467 g/mol. The molecule has 1 aromatic heterocycles. The highest BCUT2D eigenvalue weighted by molar-refractivity contribution is 8.00. The third-order valence-electron chi connectivity index (χ3n) is 5.20. The van der Waals surface area contributed by atoms with Crippen molar-refractivity contribution in [2.24, 2.45) is 5.92 Å². The zero-order valence-electron chi connectivity index (χ0n) is 19.4. The normalized spacial score (nSPS) is 11.1. The second-order valence-corrected chi connectivity index (χ2v) is 9.54. The Morgan fingerprint density at radius 3 is 2.45 bits per heavy atom. The van der Waals surface area contributed by atoms with Crippen LogP contribution < -0.4 is 21.9 Å². The number of nitrogens with zero attached hydrogens (tertiary/aromatic N) is 2. The molecular weight excluding hydrogens is 436 g/mol. The van der Waals surface area contributed by atoms with E-state index in [9.17, 15) is 14.4 Å². The molecule has 0 spiro atoms. The number of H-pyrrole nitrogens is 1. The van der Waals surface area contributed by atoms with Crippen LogP contribution in [0.2, 0.25) is 0 Å². The summed E-state index contributed by atoms with van der Waals surface area (Å²) in [5.41, 5.74) is 8.20. The van der Waals surface area contributed by atoms with Crippen molar-refractivity contribution in [1.29, 1.82) is 0 Å². The summed E-state index contributed by atoms with van der Waals surface area (Å²) in [4.78, 5) is 43.4. The van der Waals surface area contributed by atoms with Crippen molar-refractivity contribution < 1.29 is 4.79 Å². The minimum absolute atomic E-state index is 0.0156. The maximum absolute atomic E-state index is 13.3. The SMILES string of the molecule is Cc1ccc(SCC(=O)N(CC(C)C)c2c(N)n(Cc3ccccc3)c(=O)[nH]c2=O)c(C)c1. The van der Waals surface area contributed by atoms with Gasteiger partial charge in [0.1, 0.15) is 5.82 Å². The van der Waals surface area contributed by atoms with E-state index in [4.69, 9.17) is 5.73 Å². The number of rotatable bonds is 8. The Balaban J connectivity index is 1.95. The van der Waals surface area contributed by atoms with E-state index in [2.05, 4.69) is 11.1 Å². The fraction of sp³-hybridized carbons (Fsp3) is 0.320. The molecule has 0 unspecified atom stereocenters. The van der Waals surface area contributed by atoms with Gasteiger partial charge in [-0.05, 0) is 37.0 Å². The van der Waals surface area contributed by atoms with Crippen LogP contribution in [0.15, 0.2) is 63.0 Å². The number of nitrogen functional groups attached to an aromatic ring is 1. The van der Waals surface area contributed by atoms with Gasteiger partial charge in [0.2, 0.25) is 5.91 Å². The zero-order chi connectivity index (χ0) is 24.1. The van der Waals surface area contributed by atoms with Crippen LogP contribution in [0.4, 0.5) is 11.5 Å². The Labute approximate surface area is 197 Å². The molecule has 174 valence electrons. The Morgan fingerprint density at radius 2 is 1.82 bits per heavy atom. The van der Waals surface area contributed by atoms with Crippen molar-refractivity contribution >= 4 is 29.2 Å². The van der Waals surface area contributed by atoms with Gasteiger partial charge in [-0.25, -0.2) is 4.79 Å². The van der Waals surface area contributed by atoms with Gasteiger partial charge in [-0.2, -0.15) is 0 Å². The van der Waals surface area contributed by atoms with Crippen LogP contribution in [-0.2, 0) is 11.3 Å². The monoisotopic (exact) mass is 466 g/mol. The van der Waals surface area contributed by atoms with Crippen molar-refractivity contribution in [2.45, 2.75) is 39.1 Å². The summed E-state index contributed by atoms with van der Waals surface area (Å²) in [5, 5.41) is 0. The lowest BCUT2D eigenvalue weighted by atomic mass is 10.2. The smallest absolute Gasteiger partial charge is 0.330 e. The molecule has 2 aromatic carbocycles. The van der Waals surface area contributed by atoms with E-state index in [1.807, 2.05) is 70.2 Å². The molecule has 0 aliphatic carbocycles. The lowest BCUT2D eigenvalue weighted by molar-refractivity contribution is -0.116. The highest BCUT2D eigenvalue weighted by atomic mass is 32.2. The van der Waals surface area contributed by atoms with Crippen molar-refractivity contribution in [3.63, 3.8) is 0 Å². The van der Waals surface area contributed by atoms with Gasteiger partial charge in [-0.3, -0.25) is 19.1 Å². The first-order chi connectivity index (χ1) is 15.7. The molecule has 3 rings (SSSR count). The Morgan fingerprint density at radius 1 is 1.12 bits per heavy atom. The fourth-order valence-corrected chi connectivity index (χ4v) is 4.51. The minimum atomic E-state index is -0.660. The lowest BCUT2D eigenvalue weighted by Crippen LogP contribution is -2.43. The van der Waals surface area contributed by atoms with Gasteiger partial charge in [-0.15, -0.1) is 11.8 Å². The number of carbonyl (C=O) groups is 1. The molecule has 0 saturated carbocycles. The molecule has 0 radical (unpaired) electrons. The molecule has 0 bridgehead atoms. The van der Waals surface area contributed by atoms with Crippen molar-refractivity contribution in [3.8, 4) is 0 Å². The van der Waals surface area contributed by atoms with E-state index in [0.717, 1.165) is 21.6 Å². The molecule has 33 heavy (non-hydrogen) atoms. The summed E-state index contributed by atoms with van der Waals surface area (Å²) in [7, 11) is 0. The molecular formula is C25H30N4O3S. The summed E-state index contributed by atoms with van der Waals surface area (Å²) in [6.07, 6.45) is 0. The molecule has 1 heterocycles. The second-order valence-electron chi connectivity index (χ2n) is 8.52. The van der Waals surface area contributed by atoms with E-state index < -0.39 is 11.2 Å². The van der Waals surface area contributed by atoms with Crippen LogP contribution in [-0.4, -0.2) is 27.8 Å². The van der Waals surface area contributed by atoms with Gasteiger partial charge in [-0.1, -0.05) is 61.9 Å². The Kier molecular flexibility index (Phi) is 7.81. The molecule has 7 nitrogen and oxygen atoms in total. The first-order valence-electron chi connectivity index (χ1n) is 10.8. The molecule has 3 N–H and O–H groups in total. The van der Waals surface area contributed by atoms with Gasteiger partial charge >= 0.3 is 5.69 Å². The number of hydrogen-bond acceptors (Lipinski definition) is 5. The Bertz CT molecular complexity index is 1250. The van der Waals surface area contributed by atoms with E-state index in [-0.39, 0.29) is 35.6 Å². The van der Waals surface area contributed by atoms with Crippen molar-refractivity contribution in [2.75, 3.05) is 22.9 Å². The number of aromatic amines is 1. The average Bonchev–Trinajstić information content (AvgIpc) is 2.75. The van der Waals surface area contributed by atoms with Crippen molar-refractivity contribution in [3.05, 3.63) is 86.1 Å². The maximum atomic E-state index is 13.3. The molecule has 0 aliphatic heterocycles. The number of aryl methyl sites for hydroxylation is 2. The van der Waals surface area contributed by atoms with Gasteiger partial charge in [0.05, 0.1) is 12.3 Å². The molecule has 0 saturated heterocycles. The molecule has 0 atom stereocenters. The molecule has 1 amide bonds. The van der Waals surface area contributed by atoms with Gasteiger partial charge in [0, 0.05) is 11.4 Å². The summed E-state index contributed by atoms with van der Waals surface area (Å²) in [6, 6.07) is 15.4. The predicted octanol–water partition coefficient (Wildman–Crippen LogP) is 3.57. The number of nitrogens with one attached hydrogen (secondary N) is 1. The number of anilines is 2. The summed E-state index contributed by atoms with van der Waals surface area (Å²) >= 11 is 1.42. The van der Waals surface area contributed by atoms with E-state index >= 15 is 0 Å². The molecule has 0 aliphatic rings. The number of aromatic nitrogens is 2. The number of hydrogen-bond donors (Lipinski definition) is 2. The van der Waals surface area contributed by atoms with Crippen LogP contribution in [0.25, 0.3) is 0 Å². The van der Waals surface area contributed by atoms with Crippen molar-refractivity contribution in [1.82, 2.24) is 9.55 Å². The van der Waals surface area contributed by atoms with E-state index in [1.54, 1.807) is 0 Å². The van der Waals surface area contributed by atoms with Crippen LogP contribution in [0.5, 0.6) is 0 Å². The van der Waals surface area contributed by atoms with E-state index in [0.29, 0.717) is 6.54 Å². The molecule has 8 heteroatoms. The summed E-state index contributed by atoms with van der Waals surface area (Å²) in [5.74, 6) is -0.0184. The van der Waals surface area contributed by atoms with Gasteiger partial charge < -0.3 is 10.6 Å².